The van der Waals surface area contributed by atoms with Crippen molar-refractivity contribution in [2.75, 3.05) is 6.54 Å². The van der Waals surface area contributed by atoms with Gasteiger partial charge in [0.25, 0.3) is 5.91 Å². The molecule has 1 aliphatic rings. The Morgan fingerprint density at radius 2 is 1.79 bits per heavy atom. The normalized spacial score (nSPS) is 16.6. The smallest absolute Gasteiger partial charge is 0.323 e. The summed E-state index contributed by atoms with van der Waals surface area (Å²) in [5.74, 6) is -1.25. The van der Waals surface area contributed by atoms with Gasteiger partial charge in [0.1, 0.15) is 23.7 Å². The number of carbonyl (C=O) groups is 2. The molecule has 5 nitrogen and oxygen atoms in total. The van der Waals surface area contributed by atoms with E-state index in [-0.39, 0.29) is 17.5 Å². The summed E-state index contributed by atoms with van der Waals surface area (Å²) in [6.45, 7) is 3.70. The maximum Gasteiger partial charge on any atom is 0.323 e. The van der Waals surface area contributed by atoms with E-state index in [1.807, 2.05) is 38.1 Å². The summed E-state index contributed by atoms with van der Waals surface area (Å²) >= 11 is 5.79. The van der Waals surface area contributed by atoms with Crippen LogP contribution in [0.4, 0.5) is 4.39 Å². The first-order chi connectivity index (χ1) is 16.1. The molecule has 1 N–H and O–H groups in total. The summed E-state index contributed by atoms with van der Waals surface area (Å²) in [7, 11) is 0. The number of aliphatic carboxylic acids is 1. The molecule has 0 bridgehead atoms. The molecule has 0 saturated carbocycles. The monoisotopic (exact) mass is 481 g/mol. The van der Waals surface area contributed by atoms with Gasteiger partial charge < -0.3 is 14.7 Å². The lowest BCUT2D eigenvalue weighted by molar-refractivity contribution is -0.137. The Labute approximate surface area is 202 Å². The fourth-order valence-electron chi connectivity index (χ4n) is 4.29. The zero-order valence-electron chi connectivity index (χ0n) is 19.0. The Balaban J connectivity index is 1.52. The topological polar surface area (TPSA) is 66.8 Å². The van der Waals surface area contributed by atoms with Gasteiger partial charge in [-0.25, -0.2) is 4.39 Å². The van der Waals surface area contributed by atoms with Crippen LogP contribution >= 0.6 is 11.6 Å². The van der Waals surface area contributed by atoms with Gasteiger partial charge in [0, 0.05) is 24.9 Å². The standard InChI is InChI=1S/C27H25ClFNO4/c1-17-3-5-18(6-4-17)15-30(16-25(31)32)26(33)20-8-10-24-21(12-20)14-27(2,34-24)13-19-7-9-22(28)23(29)11-19/h3-12H,13-16H2,1-2H3,(H,31,32)/t27-/m1/s1. The zero-order chi connectivity index (χ0) is 24.5. The van der Waals surface area contributed by atoms with E-state index in [2.05, 4.69) is 0 Å². The second kappa shape index (κ2) is 9.47. The van der Waals surface area contributed by atoms with Crippen molar-refractivity contribution in [1.82, 2.24) is 4.90 Å². The number of benzene rings is 3. The van der Waals surface area contributed by atoms with Crippen LogP contribution in [0.5, 0.6) is 5.75 Å². The van der Waals surface area contributed by atoms with Crippen LogP contribution in [0.25, 0.3) is 0 Å². The first kappa shape index (κ1) is 23.8. The van der Waals surface area contributed by atoms with Crippen molar-refractivity contribution in [1.29, 1.82) is 0 Å². The average Bonchev–Trinajstić information content (AvgIpc) is 3.11. The van der Waals surface area contributed by atoms with Gasteiger partial charge in [0.15, 0.2) is 0 Å². The molecule has 0 radical (unpaired) electrons. The second-order valence-electron chi connectivity index (χ2n) is 9.02. The average molecular weight is 482 g/mol. The van der Waals surface area contributed by atoms with Crippen LogP contribution in [0, 0.1) is 12.7 Å². The minimum absolute atomic E-state index is 0.0734. The fraction of sp³-hybridized carbons (Fsp3) is 0.259. The molecule has 1 heterocycles. The zero-order valence-corrected chi connectivity index (χ0v) is 19.7. The summed E-state index contributed by atoms with van der Waals surface area (Å²) in [5.41, 5.74) is 3.35. The number of carboxylic acids is 1. The fourth-order valence-corrected chi connectivity index (χ4v) is 4.41. The van der Waals surface area contributed by atoms with E-state index < -0.39 is 23.9 Å². The summed E-state index contributed by atoms with van der Waals surface area (Å²) < 4.78 is 20.0. The van der Waals surface area contributed by atoms with Crippen molar-refractivity contribution >= 4 is 23.5 Å². The van der Waals surface area contributed by atoms with Crippen molar-refractivity contribution in [2.24, 2.45) is 0 Å². The number of carboxylic acid groups (broad SMARTS) is 1. The Kier molecular flexibility index (Phi) is 6.62. The molecule has 0 fully saturated rings. The molecule has 7 heteroatoms. The first-order valence-electron chi connectivity index (χ1n) is 10.9. The van der Waals surface area contributed by atoms with Gasteiger partial charge in [-0.15, -0.1) is 0 Å². The predicted octanol–water partition coefficient (Wildman–Crippen LogP) is 5.45. The van der Waals surface area contributed by atoms with Crippen LogP contribution in [0.2, 0.25) is 5.02 Å². The van der Waals surface area contributed by atoms with Crippen molar-refractivity contribution in [3.05, 3.63) is 99.3 Å². The maximum absolute atomic E-state index is 13.9. The highest BCUT2D eigenvalue weighted by Gasteiger charge is 2.36. The molecule has 0 spiro atoms. The number of nitrogens with zero attached hydrogens (tertiary/aromatic N) is 1. The minimum atomic E-state index is -1.08. The number of carbonyl (C=O) groups excluding carboxylic acids is 1. The third kappa shape index (κ3) is 5.39. The van der Waals surface area contributed by atoms with E-state index >= 15 is 0 Å². The van der Waals surface area contributed by atoms with Gasteiger partial charge in [-0.05, 0) is 60.9 Å². The number of amides is 1. The molecule has 176 valence electrons. The summed E-state index contributed by atoms with van der Waals surface area (Å²) in [4.78, 5) is 26.0. The first-order valence-corrected chi connectivity index (χ1v) is 11.3. The summed E-state index contributed by atoms with van der Waals surface area (Å²) in [6.07, 6.45) is 1.00. The third-order valence-corrected chi connectivity index (χ3v) is 6.20. The van der Waals surface area contributed by atoms with E-state index in [4.69, 9.17) is 16.3 Å². The van der Waals surface area contributed by atoms with Crippen molar-refractivity contribution in [2.45, 2.75) is 38.8 Å². The van der Waals surface area contributed by atoms with Crippen LogP contribution in [0.15, 0.2) is 60.7 Å². The van der Waals surface area contributed by atoms with E-state index in [1.54, 1.807) is 24.3 Å². The lowest BCUT2D eigenvalue weighted by Gasteiger charge is -2.24. The molecule has 1 atom stereocenters. The minimum Gasteiger partial charge on any atom is -0.487 e. The van der Waals surface area contributed by atoms with Crippen molar-refractivity contribution in [3.8, 4) is 5.75 Å². The molecule has 1 amide bonds. The van der Waals surface area contributed by atoms with Crippen molar-refractivity contribution in [3.63, 3.8) is 0 Å². The van der Waals surface area contributed by atoms with Crippen molar-refractivity contribution < 1.29 is 23.8 Å². The Morgan fingerprint density at radius 3 is 2.47 bits per heavy atom. The number of aryl methyl sites for hydroxylation is 1. The molecule has 1 aliphatic heterocycles. The Morgan fingerprint density at radius 1 is 1.09 bits per heavy atom. The lowest BCUT2D eigenvalue weighted by Crippen LogP contribution is -2.35. The summed E-state index contributed by atoms with van der Waals surface area (Å²) in [5, 5.41) is 9.43. The highest BCUT2D eigenvalue weighted by atomic mass is 35.5. The molecule has 3 aromatic carbocycles. The molecule has 0 aliphatic carbocycles. The van der Waals surface area contributed by atoms with E-state index in [0.29, 0.717) is 24.2 Å². The predicted molar refractivity (Wildman–Crippen MR) is 128 cm³/mol. The van der Waals surface area contributed by atoms with Crippen LogP contribution in [-0.4, -0.2) is 34.0 Å². The molecular formula is C27H25ClFNO4. The highest BCUT2D eigenvalue weighted by Crippen LogP contribution is 2.38. The van der Waals surface area contributed by atoms with E-state index in [1.165, 1.54) is 17.0 Å². The molecule has 0 unspecified atom stereocenters. The number of fused-ring (bicyclic) bond motifs is 1. The van der Waals surface area contributed by atoms with Crippen LogP contribution in [-0.2, 0) is 24.2 Å². The van der Waals surface area contributed by atoms with E-state index in [9.17, 15) is 19.1 Å². The number of ether oxygens (including phenoxy) is 1. The molecule has 34 heavy (non-hydrogen) atoms. The summed E-state index contributed by atoms with van der Waals surface area (Å²) in [6, 6.07) is 17.5. The van der Waals surface area contributed by atoms with Crippen LogP contribution < -0.4 is 4.74 Å². The Bertz CT molecular complexity index is 1240. The third-order valence-electron chi connectivity index (χ3n) is 5.90. The largest absolute Gasteiger partial charge is 0.487 e. The van der Waals surface area contributed by atoms with Gasteiger partial charge in [-0.1, -0.05) is 47.5 Å². The highest BCUT2D eigenvalue weighted by molar-refractivity contribution is 6.30. The number of halogens is 2. The van der Waals surface area contributed by atoms with Crippen LogP contribution in [0.3, 0.4) is 0 Å². The number of hydrogen-bond donors (Lipinski definition) is 1. The molecule has 3 aromatic rings. The SMILES string of the molecule is Cc1ccc(CN(CC(=O)O)C(=O)c2ccc3c(c2)C[C@@](C)(Cc2ccc(Cl)c(F)c2)O3)cc1. The molecule has 0 saturated heterocycles. The van der Waals surface area contributed by atoms with Gasteiger partial charge in [-0.3, -0.25) is 9.59 Å². The van der Waals surface area contributed by atoms with Gasteiger partial charge in [0.2, 0.25) is 0 Å². The van der Waals surface area contributed by atoms with Gasteiger partial charge >= 0.3 is 5.97 Å². The number of rotatable bonds is 7. The van der Waals surface area contributed by atoms with E-state index in [0.717, 1.165) is 22.3 Å². The maximum atomic E-state index is 13.9. The molecular weight excluding hydrogens is 457 g/mol. The lowest BCUT2D eigenvalue weighted by atomic mass is 9.91. The molecule has 0 aromatic heterocycles. The van der Waals surface area contributed by atoms with Crippen LogP contribution in [0.1, 0.15) is 39.5 Å². The quantitative estimate of drug-likeness (QED) is 0.487. The number of hydrogen-bond acceptors (Lipinski definition) is 3. The van der Waals surface area contributed by atoms with Gasteiger partial charge in [0.05, 0.1) is 5.02 Å². The Hall–Kier alpha value is -3.38. The molecule has 4 rings (SSSR count). The van der Waals surface area contributed by atoms with Gasteiger partial charge in [-0.2, -0.15) is 0 Å². The second-order valence-corrected chi connectivity index (χ2v) is 9.42.